The van der Waals surface area contributed by atoms with Crippen molar-refractivity contribution in [2.75, 3.05) is 0 Å². The molecule has 3 nitrogen and oxygen atoms in total. The number of aromatic amines is 1. The number of benzene rings is 1. The van der Waals surface area contributed by atoms with E-state index in [-0.39, 0.29) is 5.56 Å². The second kappa shape index (κ2) is 2.87. The van der Waals surface area contributed by atoms with Crippen molar-refractivity contribution in [3.8, 4) is 0 Å². The zero-order valence-electron chi connectivity index (χ0n) is 8.05. The molecular weight excluding hydrogens is 178 g/mol. The maximum absolute atomic E-state index is 10.6. The number of carbonyl (C=O) groups is 1. The van der Waals surface area contributed by atoms with E-state index in [4.69, 9.17) is 0 Å². The highest BCUT2D eigenvalue weighted by molar-refractivity contribution is 5.94. The standard InChI is InChI=1S/C11H11NO2/c1-6-7(2)12-10-4-3-8(11(13)14)5-9(6)10/h3-5,12H,1-2H3,(H,13,14)/p-1. The molecule has 0 aliphatic carbocycles. The van der Waals surface area contributed by atoms with E-state index in [0.717, 1.165) is 22.2 Å². The number of aromatic carboxylic acids is 1. The summed E-state index contributed by atoms with van der Waals surface area (Å²) in [6.45, 7) is 3.93. The number of H-pyrrole nitrogens is 1. The Morgan fingerprint density at radius 2 is 2.07 bits per heavy atom. The number of nitrogens with one attached hydrogen (secondary N) is 1. The van der Waals surface area contributed by atoms with Gasteiger partial charge in [-0.05, 0) is 37.1 Å². The van der Waals surface area contributed by atoms with Crippen LogP contribution in [0.4, 0.5) is 0 Å². The molecule has 1 N–H and O–H groups in total. The Hall–Kier alpha value is -1.77. The van der Waals surface area contributed by atoms with E-state index >= 15 is 0 Å². The number of carbonyl (C=O) groups excluding carboxylic acids is 1. The van der Waals surface area contributed by atoms with Gasteiger partial charge in [0, 0.05) is 16.6 Å². The van der Waals surface area contributed by atoms with E-state index in [2.05, 4.69) is 4.98 Å². The van der Waals surface area contributed by atoms with Gasteiger partial charge in [-0.25, -0.2) is 0 Å². The Kier molecular flexibility index (Phi) is 1.81. The Morgan fingerprint density at radius 1 is 1.36 bits per heavy atom. The number of fused-ring (bicyclic) bond motifs is 1. The molecule has 0 spiro atoms. The zero-order chi connectivity index (χ0) is 10.3. The van der Waals surface area contributed by atoms with Crippen LogP contribution in [0, 0.1) is 13.8 Å². The minimum absolute atomic E-state index is 0.222. The third kappa shape index (κ3) is 1.18. The molecule has 2 aromatic rings. The third-order valence-corrected chi connectivity index (χ3v) is 2.54. The predicted octanol–water partition coefficient (Wildman–Crippen LogP) is 1.15. The average molecular weight is 188 g/mol. The fourth-order valence-corrected chi connectivity index (χ4v) is 1.59. The molecule has 0 aliphatic rings. The fraction of sp³-hybridized carbons (Fsp3) is 0.182. The average Bonchev–Trinajstić information content (AvgIpc) is 2.43. The van der Waals surface area contributed by atoms with Crippen molar-refractivity contribution < 1.29 is 9.90 Å². The molecule has 0 aliphatic heterocycles. The molecule has 14 heavy (non-hydrogen) atoms. The first-order valence-corrected chi connectivity index (χ1v) is 4.40. The number of rotatable bonds is 1. The van der Waals surface area contributed by atoms with E-state index in [1.807, 2.05) is 13.8 Å². The van der Waals surface area contributed by atoms with Crippen molar-refractivity contribution in [1.82, 2.24) is 4.98 Å². The lowest BCUT2D eigenvalue weighted by Gasteiger charge is -2.01. The largest absolute Gasteiger partial charge is 0.545 e. The summed E-state index contributed by atoms with van der Waals surface area (Å²) in [5.74, 6) is -1.13. The molecule has 1 aromatic heterocycles. The van der Waals surface area contributed by atoms with Crippen LogP contribution in [0.25, 0.3) is 10.9 Å². The number of carboxylic acids is 1. The van der Waals surface area contributed by atoms with Gasteiger partial charge in [-0.2, -0.15) is 0 Å². The third-order valence-electron chi connectivity index (χ3n) is 2.54. The summed E-state index contributed by atoms with van der Waals surface area (Å²) in [5, 5.41) is 11.6. The monoisotopic (exact) mass is 188 g/mol. The Bertz CT molecular complexity index is 511. The van der Waals surface area contributed by atoms with Gasteiger partial charge >= 0.3 is 0 Å². The van der Waals surface area contributed by atoms with Gasteiger partial charge in [0.25, 0.3) is 0 Å². The van der Waals surface area contributed by atoms with Crippen molar-refractivity contribution in [3.63, 3.8) is 0 Å². The van der Waals surface area contributed by atoms with Crippen LogP contribution < -0.4 is 5.11 Å². The summed E-state index contributed by atoms with van der Waals surface area (Å²) in [7, 11) is 0. The van der Waals surface area contributed by atoms with E-state index in [1.165, 1.54) is 0 Å². The molecule has 0 fully saturated rings. The smallest absolute Gasteiger partial charge is 0.0715 e. The molecule has 1 aromatic carbocycles. The number of hydrogen-bond acceptors (Lipinski definition) is 2. The van der Waals surface area contributed by atoms with Crippen molar-refractivity contribution in [2.45, 2.75) is 13.8 Å². The molecule has 72 valence electrons. The molecule has 0 saturated carbocycles. The number of aryl methyl sites for hydroxylation is 2. The lowest BCUT2D eigenvalue weighted by atomic mass is 10.1. The van der Waals surface area contributed by atoms with Crippen molar-refractivity contribution in [1.29, 1.82) is 0 Å². The molecule has 3 heteroatoms. The van der Waals surface area contributed by atoms with Crippen molar-refractivity contribution in [3.05, 3.63) is 35.0 Å². The van der Waals surface area contributed by atoms with Gasteiger partial charge in [0.2, 0.25) is 0 Å². The Labute approximate surface area is 81.4 Å². The molecule has 0 bridgehead atoms. The summed E-state index contributed by atoms with van der Waals surface area (Å²) < 4.78 is 0. The van der Waals surface area contributed by atoms with E-state index in [1.54, 1.807) is 18.2 Å². The Morgan fingerprint density at radius 3 is 2.71 bits per heavy atom. The summed E-state index contributed by atoms with van der Waals surface area (Å²) in [4.78, 5) is 13.8. The minimum atomic E-state index is -1.13. The molecular formula is C11H10NO2-. The van der Waals surface area contributed by atoms with Gasteiger partial charge in [0.15, 0.2) is 0 Å². The van der Waals surface area contributed by atoms with Crippen LogP contribution in [0.1, 0.15) is 21.6 Å². The molecule has 0 atom stereocenters. The van der Waals surface area contributed by atoms with E-state index < -0.39 is 5.97 Å². The first-order valence-electron chi connectivity index (χ1n) is 4.40. The number of carboxylic acid groups (broad SMARTS) is 1. The van der Waals surface area contributed by atoms with Crippen LogP contribution >= 0.6 is 0 Å². The van der Waals surface area contributed by atoms with Gasteiger partial charge in [0.1, 0.15) is 0 Å². The lowest BCUT2D eigenvalue weighted by Crippen LogP contribution is -2.21. The summed E-state index contributed by atoms with van der Waals surface area (Å²) >= 11 is 0. The van der Waals surface area contributed by atoms with Crippen LogP contribution in [0.5, 0.6) is 0 Å². The molecule has 0 unspecified atom stereocenters. The van der Waals surface area contributed by atoms with Crippen molar-refractivity contribution in [2.24, 2.45) is 0 Å². The molecule has 0 amide bonds. The second-order valence-corrected chi connectivity index (χ2v) is 3.42. The topological polar surface area (TPSA) is 55.9 Å². The van der Waals surface area contributed by atoms with Crippen LogP contribution in [0.2, 0.25) is 0 Å². The van der Waals surface area contributed by atoms with Crippen LogP contribution in [-0.2, 0) is 0 Å². The molecule has 2 rings (SSSR count). The quantitative estimate of drug-likeness (QED) is 0.729. The number of aromatic nitrogens is 1. The van der Waals surface area contributed by atoms with Gasteiger partial charge in [-0.3, -0.25) is 0 Å². The van der Waals surface area contributed by atoms with Gasteiger partial charge in [-0.1, -0.05) is 6.07 Å². The first-order chi connectivity index (χ1) is 6.59. The highest BCUT2D eigenvalue weighted by Crippen LogP contribution is 2.21. The zero-order valence-corrected chi connectivity index (χ0v) is 8.05. The normalized spacial score (nSPS) is 10.7. The highest BCUT2D eigenvalue weighted by atomic mass is 16.4. The second-order valence-electron chi connectivity index (χ2n) is 3.42. The Balaban J connectivity index is 2.76. The fourth-order valence-electron chi connectivity index (χ4n) is 1.59. The molecule has 0 radical (unpaired) electrons. The van der Waals surface area contributed by atoms with Gasteiger partial charge in [-0.15, -0.1) is 0 Å². The van der Waals surface area contributed by atoms with Gasteiger partial charge in [0.05, 0.1) is 5.97 Å². The lowest BCUT2D eigenvalue weighted by molar-refractivity contribution is -0.255. The van der Waals surface area contributed by atoms with Gasteiger partial charge < -0.3 is 14.9 Å². The maximum Gasteiger partial charge on any atom is 0.0715 e. The maximum atomic E-state index is 10.6. The molecule has 0 saturated heterocycles. The highest BCUT2D eigenvalue weighted by Gasteiger charge is 2.04. The first kappa shape index (κ1) is 8.81. The summed E-state index contributed by atoms with van der Waals surface area (Å²) in [6.07, 6.45) is 0. The summed E-state index contributed by atoms with van der Waals surface area (Å²) in [5.41, 5.74) is 3.34. The van der Waals surface area contributed by atoms with E-state index in [9.17, 15) is 9.90 Å². The van der Waals surface area contributed by atoms with Crippen LogP contribution in [0.15, 0.2) is 18.2 Å². The van der Waals surface area contributed by atoms with E-state index in [0.29, 0.717) is 0 Å². The van der Waals surface area contributed by atoms with Crippen LogP contribution in [0.3, 0.4) is 0 Å². The summed E-state index contributed by atoms with van der Waals surface area (Å²) in [6, 6.07) is 4.96. The van der Waals surface area contributed by atoms with Crippen LogP contribution in [-0.4, -0.2) is 11.0 Å². The molecule has 1 heterocycles. The van der Waals surface area contributed by atoms with Crippen molar-refractivity contribution >= 4 is 16.9 Å². The predicted molar refractivity (Wildman–Crippen MR) is 52.1 cm³/mol. The SMILES string of the molecule is Cc1[nH]c2ccc(C(=O)[O-])cc2c1C. The minimum Gasteiger partial charge on any atom is -0.545 e. The number of hydrogen-bond donors (Lipinski definition) is 1.